The molecular formula is C46H28. The summed E-state index contributed by atoms with van der Waals surface area (Å²) in [6.45, 7) is 0. The third-order valence-corrected chi connectivity index (χ3v) is 9.82. The Morgan fingerprint density at radius 1 is 0.217 bits per heavy atom. The van der Waals surface area contributed by atoms with E-state index in [1.54, 1.807) is 0 Å². The molecule has 0 nitrogen and oxygen atoms in total. The molecule has 0 fully saturated rings. The van der Waals surface area contributed by atoms with Gasteiger partial charge < -0.3 is 0 Å². The molecule has 0 unspecified atom stereocenters. The van der Waals surface area contributed by atoms with Gasteiger partial charge in [-0.15, -0.1) is 0 Å². The van der Waals surface area contributed by atoms with E-state index in [1.807, 2.05) is 0 Å². The molecule has 0 saturated carbocycles. The fourth-order valence-corrected chi connectivity index (χ4v) is 7.46. The van der Waals surface area contributed by atoms with Crippen LogP contribution in [0.1, 0.15) is 11.1 Å². The van der Waals surface area contributed by atoms with Gasteiger partial charge in [0.2, 0.25) is 0 Å². The van der Waals surface area contributed by atoms with Gasteiger partial charge in [0, 0.05) is 0 Å². The topological polar surface area (TPSA) is 0 Å². The lowest BCUT2D eigenvalue weighted by molar-refractivity contribution is 1.73. The minimum absolute atomic E-state index is 1.23. The van der Waals surface area contributed by atoms with Gasteiger partial charge in [0.05, 0.1) is 0 Å². The van der Waals surface area contributed by atoms with Crippen molar-refractivity contribution in [1.82, 2.24) is 0 Å². The van der Waals surface area contributed by atoms with Gasteiger partial charge in [-0.25, -0.2) is 0 Å². The molecule has 0 heterocycles. The molecule has 0 bridgehead atoms. The second kappa shape index (κ2) is 9.76. The van der Waals surface area contributed by atoms with Gasteiger partial charge in [-0.2, -0.15) is 0 Å². The van der Waals surface area contributed by atoms with Crippen LogP contribution >= 0.6 is 0 Å². The Morgan fingerprint density at radius 3 is 0.826 bits per heavy atom. The van der Waals surface area contributed by atoms with E-state index in [0.29, 0.717) is 0 Å². The number of hydrogen-bond acceptors (Lipinski definition) is 0. The molecular weight excluding hydrogens is 553 g/mol. The van der Waals surface area contributed by atoms with Gasteiger partial charge in [0.25, 0.3) is 0 Å². The summed E-state index contributed by atoms with van der Waals surface area (Å²) in [7, 11) is 0. The summed E-state index contributed by atoms with van der Waals surface area (Å²) in [5, 5.41) is 20.4. The normalized spacial score (nSPS) is 12.3. The summed E-state index contributed by atoms with van der Waals surface area (Å²) in [5.41, 5.74) is 2.46. The van der Waals surface area contributed by atoms with Crippen LogP contribution in [0.4, 0.5) is 0 Å². The average Bonchev–Trinajstić information content (AvgIpc) is 3.08. The molecule has 0 atom stereocenters. The smallest absolute Gasteiger partial charge is 0.0105 e. The molecule has 10 rings (SSSR count). The molecule has 0 amide bonds. The first kappa shape index (κ1) is 25.4. The molecule has 10 aromatic carbocycles. The molecule has 0 N–H and O–H groups in total. The molecule has 0 aliphatic carbocycles. The van der Waals surface area contributed by atoms with E-state index in [0.717, 1.165) is 0 Å². The largest absolute Gasteiger partial charge is 0.0616 e. The van der Waals surface area contributed by atoms with Crippen LogP contribution in [0.25, 0.3) is 98.3 Å². The Bertz CT molecular complexity index is 2700. The van der Waals surface area contributed by atoms with Gasteiger partial charge >= 0.3 is 0 Å². The molecule has 0 spiro atoms. The zero-order valence-corrected chi connectivity index (χ0v) is 25.2. The minimum Gasteiger partial charge on any atom is -0.0616 e. The Morgan fingerprint density at radius 2 is 0.478 bits per heavy atom. The fourth-order valence-electron chi connectivity index (χ4n) is 7.46. The number of fused-ring (bicyclic) bond motifs is 8. The van der Waals surface area contributed by atoms with Crippen molar-refractivity contribution in [2.24, 2.45) is 0 Å². The maximum Gasteiger partial charge on any atom is -0.0105 e. The molecule has 0 aliphatic rings. The average molecular weight is 581 g/mol. The number of rotatable bonds is 2. The van der Waals surface area contributed by atoms with Gasteiger partial charge in [-0.3, -0.25) is 0 Å². The predicted octanol–water partition coefficient (Wildman–Crippen LogP) is 13.1. The second-order valence-corrected chi connectivity index (χ2v) is 12.7. The summed E-state index contributed by atoms with van der Waals surface area (Å²) in [6, 6.07) is 58.5. The lowest BCUT2D eigenvalue weighted by Gasteiger charge is -2.10. The summed E-state index contributed by atoms with van der Waals surface area (Å²) >= 11 is 0. The van der Waals surface area contributed by atoms with Crippen molar-refractivity contribution in [2.75, 3.05) is 0 Å². The molecule has 212 valence electrons. The van der Waals surface area contributed by atoms with E-state index in [1.165, 1.54) is 97.3 Å². The Labute approximate surface area is 266 Å². The van der Waals surface area contributed by atoms with Crippen molar-refractivity contribution in [3.05, 3.63) is 169 Å². The Hall–Kier alpha value is -5.98. The fraction of sp³-hybridized carbons (Fsp3) is 0. The van der Waals surface area contributed by atoms with Crippen molar-refractivity contribution in [2.45, 2.75) is 0 Å². The minimum atomic E-state index is 1.23. The first-order valence-corrected chi connectivity index (χ1v) is 16.0. The zero-order chi connectivity index (χ0) is 30.2. The van der Waals surface area contributed by atoms with E-state index in [2.05, 4.69) is 170 Å². The molecule has 10 aromatic rings. The van der Waals surface area contributed by atoms with Crippen molar-refractivity contribution in [3.8, 4) is 0 Å². The molecule has 0 aromatic heterocycles. The van der Waals surface area contributed by atoms with Gasteiger partial charge in [-0.05, 0) is 170 Å². The van der Waals surface area contributed by atoms with E-state index in [-0.39, 0.29) is 0 Å². The van der Waals surface area contributed by atoms with Gasteiger partial charge in [-0.1, -0.05) is 97.1 Å². The lowest BCUT2D eigenvalue weighted by Crippen LogP contribution is -1.84. The number of benzene rings is 10. The highest BCUT2D eigenvalue weighted by atomic mass is 14.1. The van der Waals surface area contributed by atoms with Crippen LogP contribution in [0.5, 0.6) is 0 Å². The third kappa shape index (κ3) is 4.08. The summed E-state index contributed by atoms with van der Waals surface area (Å²) in [6.07, 6.45) is 4.57. The van der Waals surface area contributed by atoms with Crippen LogP contribution in [0.3, 0.4) is 0 Å². The van der Waals surface area contributed by atoms with Crippen molar-refractivity contribution >= 4 is 98.3 Å². The van der Waals surface area contributed by atoms with Crippen LogP contribution in [0.2, 0.25) is 0 Å². The quantitative estimate of drug-likeness (QED) is 0.141. The Balaban J connectivity index is 1.09. The predicted molar refractivity (Wildman–Crippen MR) is 202 cm³/mol. The van der Waals surface area contributed by atoms with Crippen molar-refractivity contribution < 1.29 is 0 Å². The van der Waals surface area contributed by atoms with Crippen LogP contribution in [-0.2, 0) is 0 Å². The number of hydrogen-bond donors (Lipinski definition) is 0. The van der Waals surface area contributed by atoms with Crippen LogP contribution in [-0.4, -0.2) is 0 Å². The van der Waals surface area contributed by atoms with Crippen LogP contribution in [0.15, 0.2) is 158 Å². The zero-order valence-electron chi connectivity index (χ0n) is 25.2. The van der Waals surface area contributed by atoms with Crippen molar-refractivity contribution in [3.63, 3.8) is 0 Å². The third-order valence-electron chi connectivity index (χ3n) is 9.82. The highest BCUT2D eigenvalue weighted by Gasteiger charge is 2.08. The van der Waals surface area contributed by atoms with Crippen molar-refractivity contribution in [1.29, 1.82) is 0 Å². The maximum absolute atomic E-state index is 2.37. The summed E-state index contributed by atoms with van der Waals surface area (Å²) in [5.74, 6) is 0. The lowest BCUT2D eigenvalue weighted by atomic mass is 9.94. The molecule has 0 heteroatoms. The SMILES string of the molecule is C(=C/c1cccc2cc3cc4cc5ccccc5cc4cc3cc12)/c1cccc2cc3cc4cc5ccccc5cc4cc3cc12. The van der Waals surface area contributed by atoms with Crippen LogP contribution in [0, 0.1) is 0 Å². The first-order valence-electron chi connectivity index (χ1n) is 16.0. The molecule has 0 saturated heterocycles. The molecule has 0 aliphatic heterocycles. The first-order chi connectivity index (χ1) is 22.7. The standard InChI is InChI=1S/C46H28/c1-3-9-33-19-39-25-43-27-45-29(11-5-13-35(45)21-41(43)23-37(39)17-31(33)7-1)15-16-30-12-6-14-36-22-42-24-38-18-32-8-2-4-10-34(32)20-40(38)26-44(42)28-46(30)36/h1-28H/b16-15-. The maximum atomic E-state index is 2.37. The molecule has 46 heavy (non-hydrogen) atoms. The highest BCUT2D eigenvalue weighted by Crippen LogP contribution is 2.34. The monoisotopic (exact) mass is 580 g/mol. The summed E-state index contributed by atoms with van der Waals surface area (Å²) in [4.78, 5) is 0. The Kier molecular flexibility index (Phi) is 5.38. The summed E-state index contributed by atoms with van der Waals surface area (Å²) < 4.78 is 0. The molecule has 0 radical (unpaired) electrons. The van der Waals surface area contributed by atoms with E-state index < -0.39 is 0 Å². The second-order valence-electron chi connectivity index (χ2n) is 12.7. The van der Waals surface area contributed by atoms with Crippen LogP contribution < -0.4 is 0 Å². The van der Waals surface area contributed by atoms with E-state index in [4.69, 9.17) is 0 Å². The van der Waals surface area contributed by atoms with E-state index >= 15 is 0 Å². The van der Waals surface area contributed by atoms with Gasteiger partial charge in [0.1, 0.15) is 0 Å². The highest BCUT2D eigenvalue weighted by molar-refractivity contribution is 6.11. The van der Waals surface area contributed by atoms with E-state index in [9.17, 15) is 0 Å². The van der Waals surface area contributed by atoms with Gasteiger partial charge in [0.15, 0.2) is 0 Å².